The fraction of sp³-hybridized carbons (Fsp3) is 0.350. The molecule has 8 heteroatoms. The van der Waals surface area contributed by atoms with Crippen molar-refractivity contribution >= 4 is 52.6 Å². The summed E-state index contributed by atoms with van der Waals surface area (Å²) in [6.07, 6.45) is 2.97. The number of hydrogen-bond acceptors (Lipinski definition) is 4. The summed E-state index contributed by atoms with van der Waals surface area (Å²) < 4.78 is 0. The summed E-state index contributed by atoms with van der Waals surface area (Å²) in [5, 5.41) is 4.05. The third-order valence-corrected chi connectivity index (χ3v) is 6.35. The van der Waals surface area contributed by atoms with Crippen molar-refractivity contribution in [3.8, 4) is 0 Å². The molecule has 1 saturated heterocycles. The SMILES string of the molecule is Cc1ccnc(NC(=O)C2CCN(C(=O)CSc3cc(Cl)ccc3Cl)CC2)c1. The van der Waals surface area contributed by atoms with Crippen LogP contribution in [0.3, 0.4) is 0 Å². The van der Waals surface area contributed by atoms with Crippen molar-refractivity contribution in [2.45, 2.75) is 24.7 Å². The van der Waals surface area contributed by atoms with Crippen LogP contribution < -0.4 is 5.32 Å². The highest BCUT2D eigenvalue weighted by atomic mass is 35.5. The highest BCUT2D eigenvalue weighted by Gasteiger charge is 2.27. The fourth-order valence-electron chi connectivity index (χ4n) is 3.04. The Bertz CT molecular complexity index is 870. The number of piperidine rings is 1. The first-order valence-electron chi connectivity index (χ1n) is 9.01. The number of carbonyl (C=O) groups is 2. The zero-order valence-corrected chi connectivity index (χ0v) is 17.8. The number of nitrogens with one attached hydrogen (secondary N) is 1. The number of likely N-dealkylation sites (tertiary alicyclic amines) is 1. The van der Waals surface area contributed by atoms with Gasteiger partial charge in [0, 0.05) is 35.1 Å². The van der Waals surface area contributed by atoms with Crippen molar-refractivity contribution in [3.63, 3.8) is 0 Å². The Balaban J connectivity index is 1.47. The summed E-state index contributed by atoms with van der Waals surface area (Å²) in [6.45, 7) is 3.10. The number of aromatic nitrogens is 1. The van der Waals surface area contributed by atoms with E-state index in [2.05, 4.69) is 10.3 Å². The van der Waals surface area contributed by atoms with Crippen molar-refractivity contribution in [3.05, 3.63) is 52.1 Å². The second kappa shape index (κ2) is 9.63. The third-order valence-electron chi connectivity index (χ3n) is 4.63. The van der Waals surface area contributed by atoms with Crippen LogP contribution in [0.15, 0.2) is 41.4 Å². The largest absolute Gasteiger partial charge is 0.342 e. The molecule has 148 valence electrons. The smallest absolute Gasteiger partial charge is 0.232 e. The van der Waals surface area contributed by atoms with Gasteiger partial charge < -0.3 is 10.2 Å². The second-order valence-electron chi connectivity index (χ2n) is 6.73. The van der Waals surface area contributed by atoms with E-state index in [0.717, 1.165) is 10.5 Å². The lowest BCUT2D eigenvalue weighted by Crippen LogP contribution is -2.42. The van der Waals surface area contributed by atoms with Crippen molar-refractivity contribution in [2.24, 2.45) is 5.92 Å². The van der Waals surface area contributed by atoms with E-state index in [9.17, 15) is 9.59 Å². The molecule has 1 aliphatic rings. The standard InChI is InChI=1S/C20H21Cl2N3O2S/c1-13-4-7-23-18(10-13)24-20(27)14-5-8-25(9-6-14)19(26)12-28-17-11-15(21)2-3-16(17)22/h2-4,7,10-11,14H,5-6,8-9,12H2,1H3,(H,23,24,27). The minimum Gasteiger partial charge on any atom is -0.342 e. The van der Waals surface area contributed by atoms with E-state index < -0.39 is 0 Å². The normalized spacial score (nSPS) is 14.8. The molecular formula is C20H21Cl2N3O2S. The summed E-state index contributed by atoms with van der Waals surface area (Å²) >= 11 is 13.5. The number of hydrogen-bond donors (Lipinski definition) is 1. The average molecular weight is 438 g/mol. The van der Waals surface area contributed by atoms with Gasteiger partial charge in [-0.15, -0.1) is 11.8 Å². The maximum atomic E-state index is 12.5. The van der Waals surface area contributed by atoms with Gasteiger partial charge in [-0.1, -0.05) is 23.2 Å². The average Bonchev–Trinajstić information content (AvgIpc) is 2.68. The number of amides is 2. The Hall–Kier alpha value is -1.76. The molecule has 3 rings (SSSR count). The maximum Gasteiger partial charge on any atom is 0.232 e. The minimum absolute atomic E-state index is 0.0368. The van der Waals surface area contributed by atoms with Gasteiger partial charge in [0.25, 0.3) is 0 Å². The van der Waals surface area contributed by atoms with Gasteiger partial charge in [0.2, 0.25) is 11.8 Å². The van der Waals surface area contributed by atoms with Crippen LogP contribution in [-0.4, -0.2) is 40.5 Å². The Labute approximate surface area is 178 Å². The molecule has 1 aromatic heterocycles. The molecule has 1 aliphatic heterocycles. The Morgan fingerprint density at radius 3 is 2.68 bits per heavy atom. The van der Waals surface area contributed by atoms with Gasteiger partial charge in [-0.05, 0) is 55.7 Å². The van der Waals surface area contributed by atoms with Crippen molar-refractivity contribution in [2.75, 3.05) is 24.2 Å². The first-order valence-corrected chi connectivity index (χ1v) is 10.8. The van der Waals surface area contributed by atoms with Crippen molar-refractivity contribution in [1.29, 1.82) is 0 Å². The predicted octanol–water partition coefficient (Wildman–Crippen LogP) is 4.67. The number of rotatable bonds is 5. The molecule has 1 aromatic carbocycles. The number of benzene rings is 1. The first-order chi connectivity index (χ1) is 13.4. The molecule has 0 atom stereocenters. The first kappa shape index (κ1) is 21.0. The van der Waals surface area contributed by atoms with E-state index in [4.69, 9.17) is 23.2 Å². The number of aryl methyl sites for hydroxylation is 1. The van der Waals surface area contributed by atoms with Crippen LogP contribution in [0, 0.1) is 12.8 Å². The summed E-state index contributed by atoms with van der Waals surface area (Å²) in [6, 6.07) is 8.93. The molecule has 2 heterocycles. The molecule has 1 fully saturated rings. The topological polar surface area (TPSA) is 62.3 Å². The van der Waals surface area contributed by atoms with E-state index in [1.807, 2.05) is 19.1 Å². The molecule has 0 saturated carbocycles. The number of carbonyl (C=O) groups excluding carboxylic acids is 2. The molecule has 2 amide bonds. The zero-order chi connectivity index (χ0) is 20.1. The molecule has 5 nitrogen and oxygen atoms in total. The van der Waals surface area contributed by atoms with Crippen molar-refractivity contribution in [1.82, 2.24) is 9.88 Å². The van der Waals surface area contributed by atoms with Crippen LogP contribution in [0.2, 0.25) is 10.0 Å². The summed E-state index contributed by atoms with van der Waals surface area (Å²) in [5.74, 6) is 0.759. The molecule has 0 unspecified atom stereocenters. The minimum atomic E-state index is -0.110. The third kappa shape index (κ3) is 5.63. The lowest BCUT2D eigenvalue weighted by Gasteiger charge is -2.31. The van der Waals surface area contributed by atoms with Crippen LogP contribution in [0.5, 0.6) is 0 Å². The van der Waals surface area contributed by atoms with E-state index in [1.54, 1.807) is 29.3 Å². The Kier molecular flexibility index (Phi) is 7.21. The van der Waals surface area contributed by atoms with Gasteiger partial charge in [-0.2, -0.15) is 0 Å². The molecule has 0 bridgehead atoms. The van der Waals surface area contributed by atoms with Gasteiger partial charge >= 0.3 is 0 Å². The summed E-state index contributed by atoms with van der Waals surface area (Å²) in [4.78, 5) is 31.7. The Morgan fingerprint density at radius 2 is 1.96 bits per heavy atom. The van der Waals surface area contributed by atoms with Gasteiger partial charge in [0.1, 0.15) is 5.82 Å². The highest BCUT2D eigenvalue weighted by molar-refractivity contribution is 8.00. The lowest BCUT2D eigenvalue weighted by atomic mass is 9.96. The second-order valence-corrected chi connectivity index (χ2v) is 8.59. The highest BCUT2D eigenvalue weighted by Crippen LogP contribution is 2.30. The predicted molar refractivity (Wildman–Crippen MR) is 114 cm³/mol. The van der Waals surface area contributed by atoms with Crippen LogP contribution in [-0.2, 0) is 9.59 Å². The molecule has 0 spiro atoms. The maximum absolute atomic E-state index is 12.5. The van der Waals surface area contributed by atoms with E-state index in [0.29, 0.717) is 47.5 Å². The molecule has 1 N–H and O–H groups in total. The summed E-state index contributed by atoms with van der Waals surface area (Å²) in [7, 11) is 0. The zero-order valence-electron chi connectivity index (χ0n) is 15.5. The van der Waals surface area contributed by atoms with Crippen LogP contribution in [0.1, 0.15) is 18.4 Å². The van der Waals surface area contributed by atoms with Gasteiger partial charge in [0.15, 0.2) is 0 Å². The molecule has 28 heavy (non-hydrogen) atoms. The number of thioether (sulfide) groups is 1. The summed E-state index contributed by atoms with van der Waals surface area (Å²) in [5.41, 5.74) is 1.04. The molecule has 0 aliphatic carbocycles. The molecular weight excluding hydrogens is 417 g/mol. The van der Waals surface area contributed by atoms with Gasteiger partial charge in [0.05, 0.1) is 10.8 Å². The quantitative estimate of drug-likeness (QED) is 0.690. The number of nitrogens with zero attached hydrogens (tertiary/aromatic N) is 2. The van der Waals surface area contributed by atoms with E-state index in [1.165, 1.54) is 11.8 Å². The van der Waals surface area contributed by atoms with Crippen LogP contribution >= 0.6 is 35.0 Å². The lowest BCUT2D eigenvalue weighted by molar-refractivity contribution is -0.132. The number of pyridine rings is 1. The number of halogens is 2. The van der Waals surface area contributed by atoms with Crippen LogP contribution in [0.25, 0.3) is 0 Å². The van der Waals surface area contributed by atoms with Crippen LogP contribution in [0.4, 0.5) is 5.82 Å². The monoisotopic (exact) mass is 437 g/mol. The molecule has 0 radical (unpaired) electrons. The van der Waals surface area contributed by atoms with Crippen molar-refractivity contribution < 1.29 is 9.59 Å². The Morgan fingerprint density at radius 1 is 1.21 bits per heavy atom. The van der Waals surface area contributed by atoms with Gasteiger partial charge in [-0.3, -0.25) is 9.59 Å². The molecule has 2 aromatic rings. The van der Waals surface area contributed by atoms with E-state index in [-0.39, 0.29) is 17.7 Å². The van der Waals surface area contributed by atoms with E-state index >= 15 is 0 Å². The fourth-order valence-corrected chi connectivity index (χ4v) is 4.44. The van der Waals surface area contributed by atoms with Gasteiger partial charge in [-0.25, -0.2) is 4.98 Å². The number of anilines is 1.